The van der Waals surface area contributed by atoms with E-state index in [4.69, 9.17) is 11.5 Å². The Morgan fingerprint density at radius 3 is 2.65 bits per heavy atom. The van der Waals surface area contributed by atoms with E-state index < -0.39 is 5.82 Å². The highest BCUT2D eigenvalue weighted by molar-refractivity contribution is 6.01. The van der Waals surface area contributed by atoms with Gasteiger partial charge >= 0.3 is 0 Å². The number of rotatable bonds is 5. The van der Waals surface area contributed by atoms with Crippen molar-refractivity contribution < 1.29 is 9.18 Å². The lowest BCUT2D eigenvalue weighted by Gasteiger charge is -2.13. The molecule has 4 aromatic rings. The number of hydrogen-bond donors (Lipinski definition) is 3. The molecule has 174 valence electrons. The minimum absolute atomic E-state index is 0.00999. The Hall–Kier alpha value is -4.01. The third kappa shape index (κ3) is 3.44. The molecule has 3 heterocycles. The number of carbonyl (C=O) groups excluding carboxylic acids is 1. The van der Waals surface area contributed by atoms with E-state index in [0.29, 0.717) is 33.4 Å². The first-order valence-electron chi connectivity index (χ1n) is 11.2. The standard InChI is InChI=1S/C25H26FN7O/c1-4-14-21(19-10-30-11-33(19)3)22(14)25(34)32-20-6-13-5-15(16-7-29-9-18(27)12(16)2)23(26)24(28)17(13)8-31-20/h5-11,14,21-22H,4,27-28H2,1-3H3,(H,31,32,34)/t14-,21+,22-/m1/s1. The van der Waals surface area contributed by atoms with Crippen LogP contribution < -0.4 is 16.8 Å². The van der Waals surface area contributed by atoms with E-state index in [1.54, 1.807) is 24.7 Å². The third-order valence-corrected chi connectivity index (χ3v) is 6.93. The summed E-state index contributed by atoms with van der Waals surface area (Å²) < 4.78 is 17.1. The van der Waals surface area contributed by atoms with Crippen molar-refractivity contribution in [3.63, 3.8) is 0 Å². The van der Waals surface area contributed by atoms with Crippen molar-refractivity contribution in [2.24, 2.45) is 18.9 Å². The number of nitrogen functional groups attached to an aromatic ring is 2. The number of carbonyl (C=O) groups is 1. The van der Waals surface area contributed by atoms with Gasteiger partial charge in [-0.25, -0.2) is 14.4 Å². The fourth-order valence-electron chi connectivity index (χ4n) is 4.92. The first kappa shape index (κ1) is 21.8. The first-order chi connectivity index (χ1) is 16.3. The molecule has 5 rings (SSSR count). The summed E-state index contributed by atoms with van der Waals surface area (Å²) in [4.78, 5) is 25.7. The van der Waals surface area contributed by atoms with Gasteiger partial charge in [-0.2, -0.15) is 0 Å². The average Bonchev–Trinajstić information content (AvgIpc) is 3.40. The lowest BCUT2D eigenvalue weighted by atomic mass is 9.97. The van der Waals surface area contributed by atoms with E-state index in [2.05, 4.69) is 27.2 Å². The Morgan fingerprint density at radius 2 is 1.94 bits per heavy atom. The summed E-state index contributed by atoms with van der Waals surface area (Å²) in [5.41, 5.74) is 15.2. The number of hydrogen-bond acceptors (Lipinski definition) is 6. The molecule has 0 spiro atoms. The lowest BCUT2D eigenvalue weighted by Crippen LogP contribution is -2.16. The number of aryl methyl sites for hydroxylation is 1. The van der Waals surface area contributed by atoms with Crippen LogP contribution in [0.15, 0.2) is 43.2 Å². The molecule has 8 nitrogen and oxygen atoms in total. The maximum atomic E-state index is 15.1. The molecule has 1 saturated carbocycles. The van der Waals surface area contributed by atoms with Crippen LogP contribution in [-0.2, 0) is 11.8 Å². The van der Waals surface area contributed by atoms with Crippen molar-refractivity contribution in [2.45, 2.75) is 26.2 Å². The smallest absolute Gasteiger partial charge is 0.229 e. The molecule has 0 bridgehead atoms. The van der Waals surface area contributed by atoms with Crippen LogP contribution in [0.25, 0.3) is 21.9 Å². The first-order valence-corrected chi connectivity index (χ1v) is 11.2. The number of anilines is 3. The number of halogens is 1. The number of benzene rings is 1. The zero-order valence-corrected chi connectivity index (χ0v) is 19.2. The van der Waals surface area contributed by atoms with Crippen molar-refractivity contribution in [2.75, 3.05) is 16.8 Å². The molecule has 0 saturated heterocycles. The Bertz CT molecular complexity index is 1430. The molecule has 0 radical (unpaired) electrons. The van der Waals surface area contributed by atoms with Crippen LogP contribution >= 0.6 is 0 Å². The molecule has 3 atom stereocenters. The molecule has 1 aliphatic carbocycles. The molecule has 1 fully saturated rings. The van der Waals surface area contributed by atoms with E-state index in [1.807, 2.05) is 24.7 Å². The van der Waals surface area contributed by atoms with Crippen LogP contribution in [0, 0.1) is 24.6 Å². The van der Waals surface area contributed by atoms with Gasteiger partial charge in [0.1, 0.15) is 5.82 Å². The molecule has 1 aliphatic rings. The summed E-state index contributed by atoms with van der Waals surface area (Å²) in [5, 5.41) is 4.07. The summed E-state index contributed by atoms with van der Waals surface area (Å²) in [7, 11) is 1.94. The maximum Gasteiger partial charge on any atom is 0.229 e. The summed E-state index contributed by atoms with van der Waals surface area (Å²) in [5.74, 6) is -0.00450. The van der Waals surface area contributed by atoms with Gasteiger partial charge in [0, 0.05) is 53.8 Å². The topological polar surface area (TPSA) is 125 Å². The van der Waals surface area contributed by atoms with Crippen LogP contribution in [0.5, 0.6) is 0 Å². The highest BCUT2D eigenvalue weighted by atomic mass is 19.1. The van der Waals surface area contributed by atoms with Crippen molar-refractivity contribution in [3.8, 4) is 11.1 Å². The maximum absolute atomic E-state index is 15.1. The zero-order valence-electron chi connectivity index (χ0n) is 19.2. The van der Waals surface area contributed by atoms with Gasteiger partial charge < -0.3 is 21.4 Å². The SMILES string of the molecule is CC[C@H]1[C@@H](C(=O)Nc2cc3cc(-c4cncc(N)c4C)c(F)c(N)c3cn2)[C@@H]1c1cncn1C. The molecule has 1 amide bonds. The van der Waals surface area contributed by atoms with Gasteiger partial charge in [0.25, 0.3) is 0 Å². The number of nitrogens with zero attached hydrogens (tertiary/aromatic N) is 4. The molecule has 1 aromatic carbocycles. The minimum atomic E-state index is -0.552. The normalized spacial score (nSPS) is 19.4. The molecule has 5 N–H and O–H groups in total. The molecule has 0 unspecified atom stereocenters. The van der Waals surface area contributed by atoms with Crippen LogP contribution in [-0.4, -0.2) is 25.4 Å². The Labute approximate surface area is 196 Å². The van der Waals surface area contributed by atoms with Gasteiger partial charge in [0.05, 0.1) is 29.8 Å². The number of nitrogens with one attached hydrogen (secondary N) is 1. The number of fused-ring (bicyclic) bond motifs is 1. The highest BCUT2D eigenvalue weighted by Crippen LogP contribution is 2.56. The molecular weight excluding hydrogens is 433 g/mol. The second-order valence-corrected chi connectivity index (χ2v) is 8.89. The summed E-state index contributed by atoms with van der Waals surface area (Å²) in [6, 6.07) is 3.40. The van der Waals surface area contributed by atoms with Gasteiger partial charge in [-0.05, 0) is 35.9 Å². The molecular formula is C25H26FN7O. The van der Waals surface area contributed by atoms with Crippen molar-refractivity contribution in [3.05, 3.63) is 60.3 Å². The molecule has 9 heteroatoms. The summed E-state index contributed by atoms with van der Waals surface area (Å²) >= 11 is 0. The number of aromatic nitrogens is 4. The lowest BCUT2D eigenvalue weighted by molar-refractivity contribution is -0.117. The van der Waals surface area contributed by atoms with E-state index in [0.717, 1.165) is 17.7 Å². The highest BCUT2D eigenvalue weighted by Gasteiger charge is 2.55. The zero-order chi connectivity index (χ0) is 24.1. The quantitative estimate of drug-likeness (QED) is 0.387. The Balaban J connectivity index is 1.47. The van der Waals surface area contributed by atoms with E-state index in [1.165, 1.54) is 12.4 Å². The summed E-state index contributed by atoms with van der Waals surface area (Å²) in [6.07, 6.45) is 9.04. The van der Waals surface area contributed by atoms with Crippen LogP contribution in [0.1, 0.15) is 30.5 Å². The largest absolute Gasteiger partial charge is 0.397 e. The number of nitrogens with two attached hydrogens (primary N) is 2. The predicted molar refractivity (Wildman–Crippen MR) is 130 cm³/mol. The van der Waals surface area contributed by atoms with E-state index >= 15 is 4.39 Å². The number of amides is 1. The Morgan fingerprint density at radius 1 is 1.15 bits per heavy atom. The Kier molecular flexibility index (Phi) is 5.19. The van der Waals surface area contributed by atoms with Gasteiger partial charge in [-0.3, -0.25) is 9.78 Å². The van der Waals surface area contributed by atoms with Crippen molar-refractivity contribution >= 4 is 33.9 Å². The fraction of sp³-hybridized carbons (Fsp3) is 0.280. The molecule has 34 heavy (non-hydrogen) atoms. The van der Waals surface area contributed by atoms with Gasteiger partial charge in [0.2, 0.25) is 5.91 Å². The fourth-order valence-corrected chi connectivity index (χ4v) is 4.92. The van der Waals surface area contributed by atoms with Crippen LogP contribution in [0.3, 0.4) is 0 Å². The number of pyridine rings is 2. The van der Waals surface area contributed by atoms with Crippen molar-refractivity contribution in [1.29, 1.82) is 0 Å². The minimum Gasteiger partial charge on any atom is -0.397 e. The second kappa shape index (κ2) is 8.09. The van der Waals surface area contributed by atoms with Crippen LogP contribution in [0.4, 0.5) is 21.6 Å². The average molecular weight is 460 g/mol. The van der Waals surface area contributed by atoms with Crippen LogP contribution in [0.2, 0.25) is 0 Å². The van der Waals surface area contributed by atoms with Gasteiger partial charge in [0.15, 0.2) is 5.82 Å². The molecule has 3 aromatic heterocycles. The van der Waals surface area contributed by atoms with E-state index in [-0.39, 0.29) is 29.3 Å². The van der Waals surface area contributed by atoms with Gasteiger partial charge in [-0.15, -0.1) is 0 Å². The third-order valence-electron chi connectivity index (χ3n) is 6.93. The monoisotopic (exact) mass is 459 g/mol. The van der Waals surface area contributed by atoms with Gasteiger partial charge in [-0.1, -0.05) is 13.3 Å². The number of imidazole rings is 1. The second-order valence-electron chi connectivity index (χ2n) is 8.89. The summed E-state index contributed by atoms with van der Waals surface area (Å²) in [6.45, 7) is 3.89. The predicted octanol–water partition coefficient (Wildman–Crippen LogP) is 4.02. The molecule has 0 aliphatic heterocycles. The van der Waals surface area contributed by atoms with Crippen molar-refractivity contribution in [1.82, 2.24) is 19.5 Å². The van der Waals surface area contributed by atoms with E-state index in [9.17, 15) is 4.79 Å².